The number of aryl methyl sites for hydroxylation is 1. The van der Waals surface area contributed by atoms with E-state index in [9.17, 15) is 0 Å². The van der Waals surface area contributed by atoms with Gasteiger partial charge < -0.3 is 8.83 Å². The molecular weight excluding hydrogens is 408 g/mol. The van der Waals surface area contributed by atoms with Crippen LogP contribution in [-0.4, -0.2) is 9.97 Å². The zero-order valence-electron chi connectivity index (χ0n) is 18.0. The van der Waals surface area contributed by atoms with Gasteiger partial charge in [-0.1, -0.05) is 54.6 Å². The van der Waals surface area contributed by atoms with Crippen molar-refractivity contribution in [3.8, 4) is 22.9 Å². The van der Waals surface area contributed by atoms with Crippen LogP contribution in [0.25, 0.3) is 57.3 Å². The van der Waals surface area contributed by atoms with Crippen LogP contribution in [0.1, 0.15) is 16.7 Å². The Labute approximate surface area is 190 Å². The fourth-order valence-corrected chi connectivity index (χ4v) is 3.91. The van der Waals surface area contributed by atoms with E-state index < -0.39 is 0 Å². The van der Waals surface area contributed by atoms with Gasteiger partial charge in [-0.05, 0) is 72.1 Å². The summed E-state index contributed by atoms with van der Waals surface area (Å²) in [5, 5.41) is 0. The van der Waals surface area contributed by atoms with Crippen LogP contribution in [0.15, 0.2) is 99.8 Å². The number of hydrogen-bond acceptors (Lipinski definition) is 4. The molecule has 0 radical (unpaired) electrons. The first kappa shape index (κ1) is 19.3. The van der Waals surface area contributed by atoms with Gasteiger partial charge in [-0.3, -0.25) is 0 Å². The van der Waals surface area contributed by atoms with E-state index in [1.54, 1.807) is 0 Å². The first-order valence-electron chi connectivity index (χ1n) is 10.8. The number of nitrogens with zero attached hydrogens (tertiary/aromatic N) is 2. The Morgan fingerprint density at radius 3 is 1.79 bits per heavy atom. The molecule has 0 aliphatic rings. The maximum absolute atomic E-state index is 5.90. The molecule has 6 rings (SSSR count). The zero-order valence-corrected chi connectivity index (χ0v) is 18.0. The number of benzene rings is 4. The van der Waals surface area contributed by atoms with E-state index >= 15 is 0 Å². The molecule has 0 saturated carbocycles. The molecule has 0 fully saturated rings. The molecule has 0 unspecified atom stereocenters. The minimum Gasteiger partial charge on any atom is -0.436 e. The van der Waals surface area contributed by atoms with E-state index in [1.807, 2.05) is 66.7 Å². The van der Waals surface area contributed by atoms with E-state index in [0.717, 1.165) is 50.0 Å². The molecule has 6 aromatic rings. The number of oxazole rings is 2. The highest BCUT2D eigenvalue weighted by Gasteiger charge is 2.09. The first-order chi connectivity index (χ1) is 16.2. The molecule has 0 spiro atoms. The summed E-state index contributed by atoms with van der Waals surface area (Å²) in [6, 6.07) is 30.1. The van der Waals surface area contributed by atoms with Crippen LogP contribution in [0, 0.1) is 6.92 Å². The second-order valence-corrected chi connectivity index (χ2v) is 8.00. The highest BCUT2D eigenvalue weighted by atomic mass is 16.4. The van der Waals surface area contributed by atoms with Crippen molar-refractivity contribution < 1.29 is 8.83 Å². The summed E-state index contributed by atoms with van der Waals surface area (Å²) < 4.78 is 11.8. The number of aromatic nitrogens is 2. The molecule has 4 heteroatoms. The Bertz CT molecular complexity index is 1560. The lowest BCUT2D eigenvalue weighted by molar-refractivity contribution is 0.619. The standard InChI is InChI=1S/C29H20N2O2/c1-19-18-23(29-31-25-7-3-5-9-27(25)33-29)17-16-21(19)13-10-20-11-14-22(15-12-20)28-30-24-6-2-4-8-26(24)32-28/h2-18H,1H3. The lowest BCUT2D eigenvalue weighted by atomic mass is 10.0. The quantitative estimate of drug-likeness (QED) is 0.269. The molecule has 2 aromatic heterocycles. The average Bonchev–Trinajstić information content (AvgIpc) is 3.48. The lowest BCUT2D eigenvalue weighted by Gasteiger charge is -2.03. The van der Waals surface area contributed by atoms with Crippen molar-refractivity contribution in [2.75, 3.05) is 0 Å². The smallest absolute Gasteiger partial charge is 0.227 e. The summed E-state index contributed by atoms with van der Waals surface area (Å²) in [6.07, 6.45) is 4.23. The third-order valence-electron chi connectivity index (χ3n) is 5.72. The Morgan fingerprint density at radius 1 is 0.606 bits per heavy atom. The monoisotopic (exact) mass is 428 g/mol. The van der Waals surface area contributed by atoms with Crippen LogP contribution in [0.2, 0.25) is 0 Å². The van der Waals surface area contributed by atoms with Crippen LogP contribution in [0.4, 0.5) is 0 Å². The van der Waals surface area contributed by atoms with Crippen LogP contribution in [-0.2, 0) is 0 Å². The van der Waals surface area contributed by atoms with Crippen molar-refractivity contribution in [1.82, 2.24) is 9.97 Å². The SMILES string of the molecule is Cc1cc(-c2nc3ccccc3o2)ccc1C=Cc1ccc(-c2nc3ccccc3o2)cc1. The van der Waals surface area contributed by atoms with E-state index in [2.05, 4.69) is 53.3 Å². The molecular formula is C29H20N2O2. The van der Waals surface area contributed by atoms with Gasteiger partial charge in [-0.2, -0.15) is 0 Å². The lowest BCUT2D eigenvalue weighted by Crippen LogP contribution is -1.84. The second kappa shape index (κ2) is 7.92. The van der Waals surface area contributed by atoms with Crippen LogP contribution < -0.4 is 0 Å². The van der Waals surface area contributed by atoms with Gasteiger partial charge in [-0.25, -0.2) is 9.97 Å². The highest BCUT2D eigenvalue weighted by Crippen LogP contribution is 2.27. The summed E-state index contributed by atoms with van der Waals surface area (Å²) in [6.45, 7) is 2.10. The van der Waals surface area contributed by atoms with Gasteiger partial charge in [0.05, 0.1) is 0 Å². The third-order valence-corrected chi connectivity index (χ3v) is 5.72. The molecule has 158 valence electrons. The van der Waals surface area contributed by atoms with Crippen LogP contribution in [0.5, 0.6) is 0 Å². The molecule has 0 atom stereocenters. The van der Waals surface area contributed by atoms with E-state index in [1.165, 1.54) is 0 Å². The normalized spacial score (nSPS) is 11.7. The number of hydrogen-bond donors (Lipinski definition) is 0. The van der Waals surface area contributed by atoms with E-state index in [-0.39, 0.29) is 0 Å². The molecule has 4 aromatic carbocycles. The Morgan fingerprint density at radius 2 is 1.18 bits per heavy atom. The summed E-state index contributed by atoms with van der Waals surface area (Å²) in [4.78, 5) is 9.16. The van der Waals surface area contributed by atoms with Crippen LogP contribution in [0.3, 0.4) is 0 Å². The predicted molar refractivity (Wildman–Crippen MR) is 133 cm³/mol. The molecule has 4 nitrogen and oxygen atoms in total. The zero-order chi connectivity index (χ0) is 22.2. The molecule has 0 amide bonds. The molecule has 0 bridgehead atoms. The van der Waals surface area contributed by atoms with Gasteiger partial charge in [0, 0.05) is 11.1 Å². The van der Waals surface area contributed by atoms with Crippen molar-refractivity contribution in [3.63, 3.8) is 0 Å². The molecule has 0 aliphatic heterocycles. The van der Waals surface area contributed by atoms with Gasteiger partial charge >= 0.3 is 0 Å². The van der Waals surface area contributed by atoms with Crippen molar-refractivity contribution in [3.05, 3.63) is 108 Å². The van der Waals surface area contributed by atoms with Gasteiger partial charge in [0.15, 0.2) is 11.2 Å². The maximum atomic E-state index is 5.90. The van der Waals surface area contributed by atoms with E-state index in [0.29, 0.717) is 11.8 Å². The Hall–Kier alpha value is -4.44. The minimum atomic E-state index is 0.636. The number of fused-ring (bicyclic) bond motifs is 2. The number of para-hydroxylation sites is 4. The fraction of sp³-hybridized carbons (Fsp3) is 0.0345. The summed E-state index contributed by atoms with van der Waals surface area (Å²) in [5.41, 5.74) is 8.70. The summed E-state index contributed by atoms with van der Waals surface area (Å²) >= 11 is 0. The van der Waals surface area contributed by atoms with Gasteiger partial charge in [0.2, 0.25) is 11.8 Å². The second-order valence-electron chi connectivity index (χ2n) is 8.00. The topological polar surface area (TPSA) is 52.1 Å². The molecule has 0 N–H and O–H groups in total. The van der Waals surface area contributed by atoms with Gasteiger partial charge in [-0.15, -0.1) is 0 Å². The van der Waals surface area contributed by atoms with Crippen molar-refractivity contribution in [1.29, 1.82) is 0 Å². The fourth-order valence-electron chi connectivity index (χ4n) is 3.91. The Balaban J connectivity index is 1.22. The highest BCUT2D eigenvalue weighted by molar-refractivity contribution is 5.78. The largest absolute Gasteiger partial charge is 0.436 e. The van der Waals surface area contributed by atoms with E-state index in [4.69, 9.17) is 8.83 Å². The molecule has 0 saturated heterocycles. The summed E-state index contributed by atoms with van der Waals surface area (Å²) in [7, 11) is 0. The summed E-state index contributed by atoms with van der Waals surface area (Å²) in [5.74, 6) is 1.28. The molecule has 0 aliphatic carbocycles. The number of rotatable bonds is 4. The molecule has 33 heavy (non-hydrogen) atoms. The Kier molecular flexibility index (Phi) is 4.62. The predicted octanol–water partition coefficient (Wildman–Crippen LogP) is 7.78. The van der Waals surface area contributed by atoms with Crippen molar-refractivity contribution in [2.45, 2.75) is 6.92 Å². The van der Waals surface area contributed by atoms with Gasteiger partial charge in [0.25, 0.3) is 0 Å². The minimum absolute atomic E-state index is 0.636. The van der Waals surface area contributed by atoms with Crippen molar-refractivity contribution >= 4 is 34.4 Å². The first-order valence-corrected chi connectivity index (χ1v) is 10.8. The van der Waals surface area contributed by atoms with Crippen LogP contribution >= 0.6 is 0 Å². The molecule has 2 heterocycles. The average molecular weight is 428 g/mol. The maximum Gasteiger partial charge on any atom is 0.227 e. The third kappa shape index (κ3) is 3.72. The van der Waals surface area contributed by atoms with Gasteiger partial charge in [0.1, 0.15) is 11.0 Å². The van der Waals surface area contributed by atoms with Crippen molar-refractivity contribution in [2.24, 2.45) is 0 Å².